The number of non-ortho nitro benzene ring substituents is 1. The Hall–Kier alpha value is -2.64. The molecule has 1 aromatic rings. The summed E-state index contributed by atoms with van der Waals surface area (Å²) in [5.74, 6) is 0.321. The molecule has 1 aliphatic rings. The van der Waals surface area contributed by atoms with Crippen LogP contribution in [0, 0.1) is 22.0 Å². The molecule has 0 bridgehead atoms. The summed E-state index contributed by atoms with van der Waals surface area (Å²) in [5.41, 5.74) is -0.0643. The van der Waals surface area contributed by atoms with E-state index in [9.17, 15) is 19.7 Å². The zero-order valence-corrected chi connectivity index (χ0v) is 14.3. The summed E-state index contributed by atoms with van der Waals surface area (Å²) in [5, 5.41) is 10.6. The SMILES string of the molecule is C[C@@H]1C[C@H](C)CN(C(=O)COC(=O)COc2ccc([N+](=O)[O-])cc2)C1. The van der Waals surface area contributed by atoms with Gasteiger partial charge < -0.3 is 14.4 Å². The zero-order valence-electron chi connectivity index (χ0n) is 14.3. The number of piperidine rings is 1. The van der Waals surface area contributed by atoms with Gasteiger partial charge in [-0.1, -0.05) is 13.8 Å². The van der Waals surface area contributed by atoms with E-state index in [2.05, 4.69) is 13.8 Å². The highest BCUT2D eigenvalue weighted by Crippen LogP contribution is 2.21. The first-order valence-corrected chi connectivity index (χ1v) is 8.15. The highest BCUT2D eigenvalue weighted by atomic mass is 16.6. The Kier molecular flexibility index (Phi) is 6.32. The van der Waals surface area contributed by atoms with Gasteiger partial charge in [0.05, 0.1) is 4.92 Å². The summed E-state index contributed by atoms with van der Waals surface area (Å²) in [6.07, 6.45) is 1.09. The second-order valence-electron chi connectivity index (χ2n) is 6.45. The first-order valence-electron chi connectivity index (χ1n) is 8.15. The maximum Gasteiger partial charge on any atom is 0.344 e. The van der Waals surface area contributed by atoms with Crippen molar-refractivity contribution in [1.82, 2.24) is 4.90 Å². The normalized spacial score (nSPS) is 20.0. The standard InChI is InChI=1S/C17H22N2O6/c1-12-7-13(2)9-18(8-12)16(20)10-25-17(21)11-24-15-5-3-14(4-6-15)19(22)23/h3-6,12-13H,7-11H2,1-2H3/t12-,13+. The molecule has 136 valence electrons. The lowest BCUT2D eigenvalue weighted by molar-refractivity contribution is -0.384. The van der Waals surface area contributed by atoms with Crippen molar-refractivity contribution >= 4 is 17.6 Å². The molecule has 2 atom stereocenters. The molecule has 1 heterocycles. The lowest BCUT2D eigenvalue weighted by Crippen LogP contribution is -2.44. The molecule has 0 aromatic heterocycles. The summed E-state index contributed by atoms with van der Waals surface area (Å²) in [6, 6.07) is 5.35. The molecule has 1 saturated heterocycles. The first-order chi connectivity index (χ1) is 11.8. The second kappa shape index (κ2) is 8.46. The van der Waals surface area contributed by atoms with Crippen molar-refractivity contribution in [1.29, 1.82) is 0 Å². The predicted molar refractivity (Wildman–Crippen MR) is 89.1 cm³/mol. The van der Waals surface area contributed by atoms with Crippen molar-refractivity contribution in [3.05, 3.63) is 34.4 Å². The monoisotopic (exact) mass is 350 g/mol. The summed E-state index contributed by atoms with van der Waals surface area (Å²) in [6.45, 7) is 4.89. The number of hydrogen-bond donors (Lipinski definition) is 0. The summed E-state index contributed by atoms with van der Waals surface area (Å²) in [7, 11) is 0. The number of likely N-dealkylation sites (tertiary alicyclic amines) is 1. The minimum absolute atomic E-state index is 0.0643. The van der Waals surface area contributed by atoms with E-state index in [1.54, 1.807) is 4.90 Å². The fraction of sp³-hybridized carbons (Fsp3) is 0.529. The van der Waals surface area contributed by atoms with Crippen molar-refractivity contribution in [2.75, 3.05) is 26.3 Å². The van der Waals surface area contributed by atoms with Gasteiger partial charge in [0.25, 0.3) is 11.6 Å². The van der Waals surface area contributed by atoms with Gasteiger partial charge in [-0.05, 0) is 30.4 Å². The van der Waals surface area contributed by atoms with Crippen LogP contribution in [0.4, 0.5) is 5.69 Å². The van der Waals surface area contributed by atoms with Crippen LogP contribution < -0.4 is 4.74 Å². The van der Waals surface area contributed by atoms with Gasteiger partial charge in [0.15, 0.2) is 13.2 Å². The average Bonchev–Trinajstić information content (AvgIpc) is 2.57. The third kappa shape index (κ3) is 5.74. The van der Waals surface area contributed by atoms with Gasteiger partial charge in [-0.3, -0.25) is 14.9 Å². The van der Waals surface area contributed by atoms with Crippen LogP contribution in [0.25, 0.3) is 0 Å². The Balaban J connectivity index is 1.73. The lowest BCUT2D eigenvalue weighted by atomic mass is 9.92. The van der Waals surface area contributed by atoms with Crippen molar-refractivity contribution < 1.29 is 24.0 Å². The summed E-state index contributed by atoms with van der Waals surface area (Å²) >= 11 is 0. The van der Waals surface area contributed by atoms with E-state index in [1.165, 1.54) is 24.3 Å². The van der Waals surface area contributed by atoms with Crippen molar-refractivity contribution in [3.8, 4) is 5.75 Å². The molecule has 1 aromatic carbocycles. The minimum atomic E-state index is -0.662. The summed E-state index contributed by atoms with van der Waals surface area (Å²) < 4.78 is 10.1. The van der Waals surface area contributed by atoms with Crippen LogP contribution in [0.1, 0.15) is 20.3 Å². The van der Waals surface area contributed by atoms with Gasteiger partial charge in [-0.2, -0.15) is 0 Å². The number of rotatable bonds is 6. The van der Waals surface area contributed by atoms with Crippen LogP contribution in [0.2, 0.25) is 0 Å². The quantitative estimate of drug-likeness (QED) is 0.442. The van der Waals surface area contributed by atoms with E-state index in [0.29, 0.717) is 30.7 Å². The average molecular weight is 350 g/mol. The molecular formula is C17H22N2O6. The van der Waals surface area contributed by atoms with Crippen LogP contribution in [0.15, 0.2) is 24.3 Å². The van der Waals surface area contributed by atoms with Crippen LogP contribution >= 0.6 is 0 Å². The Bertz CT molecular complexity index is 621. The largest absolute Gasteiger partial charge is 0.482 e. The smallest absolute Gasteiger partial charge is 0.344 e. The van der Waals surface area contributed by atoms with Gasteiger partial charge in [0.2, 0.25) is 0 Å². The number of amides is 1. The van der Waals surface area contributed by atoms with Crippen LogP contribution in [0.3, 0.4) is 0 Å². The van der Waals surface area contributed by atoms with Crippen molar-refractivity contribution in [2.45, 2.75) is 20.3 Å². The molecule has 1 fully saturated rings. The number of esters is 1. The maximum atomic E-state index is 12.1. The molecular weight excluding hydrogens is 328 g/mol. The fourth-order valence-corrected chi connectivity index (χ4v) is 2.95. The van der Waals surface area contributed by atoms with E-state index in [-0.39, 0.29) is 24.8 Å². The highest BCUT2D eigenvalue weighted by molar-refractivity contribution is 5.81. The molecule has 0 unspecified atom stereocenters. The predicted octanol–water partition coefficient (Wildman–Crippen LogP) is 2.02. The number of nitrogens with zero attached hydrogens (tertiary/aromatic N) is 2. The number of hydrogen-bond acceptors (Lipinski definition) is 6. The number of nitro benzene ring substituents is 1. The lowest BCUT2D eigenvalue weighted by Gasteiger charge is -2.34. The molecule has 8 heteroatoms. The fourth-order valence-electron chi connectivity index (χ4n) is 2.95. The van der Waals surface area contributed by atoms with Gasteiger partial charge in [-0.25, -0.2) is 4.79 Å². The van der Waals surface area contributed by atoms with Crippen LogP contribution in [0.5, 0.6) is 5.75 Å². The van der Waals surface area contributed by atoms with Gasteiger partial charge in [-0.15, -0.1) is 0 Å². The molecule has 0 N–H and O–H groups in total. The molecule has 1 aliphatic heterocycles. The molecule has 8 nitrogen and oxygen atoms in total. The van der Waals surface area contributed by atoms with Crippen LogP contribution in [-0.2, 0) is 14.3 Å². The zero-order chi connectivity index (χ0) is 18.4. The third-order valence-corrected chi connectivity index (χ3v) is 3.98. The molecule has 0 aliphatic carbocycles. The minimum Gasteiger partial charge on any atom is -0.482 e. The van der Waals surface area contributed by atoms with Gasteiger partial charge >= 0.3 is 5.97 Å². The third-order valence-electron chi connectivity index (χ3n) is 3.98. The molecule has 1 amide bonds. The van der Waals surface area contributed by atoms with E-state index in [4.69, 9.17) is 9.47 Å². The molecule has 25 heavy (non-hydrogen) atoms. The Labute approximate surface area is 145 Å². The maximum absolute atomic E-state index is 12.1. The Morgan fingerprint density at radius 2 is 1.76 bits per heavy atom. The number of ether oxygens (including phenoxy) is 2. The number of carbonyl (C=O) groups is 2. The number of carbonyl (C=O) groups excluding carboxylic acids is 2. The highest BCUT2D eigenvalue weighted by Gasteiger charge is 2.25. The number of nitro groups is 1. The molecule has 0 saturated carbocycles. The number of benzene rings is 1. The first kappa shape index (κ1) is 18.7. The second-order valence-corrected chi connectivity index (χ2v) is 6.45. The van der Waals surface area contributed by atoms with E-state index in [0.717, 1.165) is 6.42 Å². The summed E-state index contributed by atoms with van der Waals surface area (Å²) in [4.78, 5) is 35.6. The van der Waals surface area contributed by atoms with Crippen molar-refractivity contribution in [2.24, 2.45) is 11.8 Å². The topological polar surface area (TPSA) is 99.0 Å². The Morgan fingerprint density at radius 3 is 2.32 bits per heavy atom. The van der Waals surface area contributed by atoms with E-state index in [1.807, 2.05) is 0 Å². The van der Waals surface area contributed by atoms with Crippen LogP contribution in [-0.4, -0.2) is 48.0 Å². The Morgan fingerprint density at radius 1 is 1.16 bits per heavy atom. The van der Waals surface area contributed by atoms with Crippen molar-refractivity contribution in [3.63, 3.8) is 0 Å². The van der Waals surface area contributed by atoms with E-state index >= 15 is 0 Å². The van der Waals surface area contributed by atoms with E-state index < -0.39 is 10.9 Å². The van der Waals surface area contributed by atoms with Gasteiger partial charge in [0, 0.05) is 25.2 Å². The molecule has 2 rings (SSSR count). The molecule has 0 radical (unpaired) electrons. The molecule has 0 spiro atoms. The van der Waals surface area contributed by atoms with Gasteiger partial charge in [0.1, 0.15) is 5.75 Å².